The maximum absolute atomic E-state index is 5.84. The topological polar surface area (TPSA) is 9.23 Å². The first-order valence-corrected chi connectivity index (χ1v) is 5.27. The molecular weight excluding hydrogens is 264 g/mol. The molecule has 0 heterocycles. The molecule has 82 valence electrons. The van der Waals surface area contributed by atoms with Gasteiger partial charge in [-0.3, -0.25) is 0 Å². The van der Waals surface area contributed by atoms with Crippen LogP contribution in [0.5, 0.6) is 11.5 Å². The Morgan fingerprint density at radius 1 is 0.812 bits per heavy atom. The van der Waals surface area contributed by atoms with Gasteiger partial charge in [-0.25, -0.2) is 0 Å². The van der Waals surface area contributed by atoms with Crippen LogP contribution in [-0.2, 0) is 12.8 Å². The van der Waals surface area contributed by atoms with Gasteiger partial charge in [0.1, 0.15) is 11.5 Å². The van der Waals surface area contributed by atoms with Gasteiger partial charge in [0, 0.05) is 0 Å². The molecule has 0 unspecified atom stereocenters. The van der Waals surface area contributed by atoms with E-state index in [1.807, 2.05) is 36.4 Å². The average molecular weight is 276 g/mol. The van der Waals surface area contributed by atoms with Crippen molar-refractivity contribution in [2.75, 3.05) is 0 Å². The van der Waals surface area contributed by atoms with Gasteiger partial charge >= 0.3 is 0 Å². The molecule has 16 heavy (non-hydrogen) atoms. The Morgan fingerprint density at radius 3 is 2.31 bits per heavy atom. The van der Waals surface area contributed by atoms with E-state index >= 15 is 0 Å². The second kappa shape index (κ2) is 4.71. The average Bonchev–Trinajstić information content (AvgIpc) is 2.22. The molecule has 1 aliphatic carbocycles. The van der Waals surface area contributed by atoms with E-state index in [0.717, 1.165) is 17.9 Å². The van der Waals surface area contributed by atoms with Crippen molar-refractivity contribution in [3.63, 3.8) is 0 Å². The highest BCUT2D eigenvalue weighted by atomic mass is 79.9. The van der Waals surface area contributed by atoms with E-state index in [4.69, 9.17) is 4.74 Å². The monoisotopic (exact) mass is 275 g/mol. The van der Waals surface area contributed by atoms with E-state index in [2.05, 4.69) is 12.1 Å². The van der Waals surface area contributed by atoms with Gasteiger partial charge in [-0.05, 0) is 42.2 Å². The van der Waals surface area contributed by atoms with Crippen LogP contribution in [0.4, 0.5) is 0 Å². The summed E-state index contributed by atoms with van der Waals surface area (Å²) in [4.78, 5) is 0. The van der Waals surface area contributed by atoms with Crippen LogP contribution in [0.1, 0.15) is 11.1 Å². The van der Waals surface area contributed by atoms with Gasteiger partial charge in [-0.15, -0.1) is 0 Å². The largest absolute Gasteiger partial charge is 1.00 e. The number of para-hydroxylation sites is 1. The fourth-order valence-electron chi connectivity index (χ4n) is 1.92. The lowest BCUT2D eigenvalue weighted by molar-refractivity contribution is -0.00000344. The van der Waals surface area contributed by atoms with Crippen LogP contribution in [0.2, 0.25) is 0 Å². The lowest BCUT2D eigenvalue weighted by atomic mass is 9.88. The van der Waals surface area contributed by atoms with E-state index in [9.17, 15) is 0 Å². The fraction of sp³-hybridized carbons (Fsp3) is 0.143. The van der Waals surface area contributed by atoms with Gasteiger partial charge in [-0.1, -0.05) is 30.3 Å². The van der Waals surface area contributed by atoms with Crippen LogP contribution in [-0.4, -0.2) is 0 Å². The third-order valence-corrected chi connectivity index (χ3v) is 2.85. The van der Waals surface area contributed by atoms with Crippen molar-refractivity contribution >= 4 is 0 Å². The summed E-state index contributed by atoms with van der Waals surface area (Å²) in [6.07, 6.45) is 2.35. The predicted octanol–water partition coefficient (Wildman–Crippen LogP) is 0.581. The smallest absolute Gasteiger partial charge is 0.130 e. The van der Waals surface area contributed by atoms with Crippen molar-refractivity contribution in [2.24, 2.45) is 0 Å². The molecule has 0 aliphatic heterocycles. The summed E-state index contributed by atoms with van der Waals surface area (Å²) in [6, 6.07) is 16.2. The first-order chi connectivity index (χ1) is 7.43. The Balaban J connectivity index is 0.000000963. The van der Waals surface area contributed by atoms with E-state index in [1.165, 1.54) is 17.5 Å². The Bertz CT molecular complexity index is 479. The van der Waals surface area contributed by atoms with Crippen LogP contribution in [0.25, 0.3) is 0 Å². The molecule has 0 saturated heterocycles. The zero-order valence-electron chi connectivity index (χ0n) is 8.82. The summed E-state index contributed by atoms with van der Waals surface area (Å²) in [7, 11) is 0. The molecule has 0 amide bonds. The molecule has 1 aliphatic rings. The van der Waals surface area contributed by atoms with Gasteiger partial charge in [0.15, 0.2) is 0 Å². The minimum Gasteiger partial charge on any atom is -1.00 e. The second-order valence-corrected chi connectivity index (χ2v) is 3.81. The zero-order chi connectivity index (χ0) is 10.1. The molecular formula is C14H12BrO-. The number of halogens is 1. The minimum absolute atomic E-state index is 0. The number of hydrogen-bond donors (Lipinski definition) is 0. The van der Waals surface area contributed by atoms with Crippen molar-refractivity contribution in [1.82, 2.24) is 0 Å². The highest BCUT2D eigenvalue weighted by Crippen LogP contribution is 2.34. The van der Waals surface area contributed by atoms with Crippen LogP contribution in [0.3, 0.4) is 0 Å². The highest BCUT2D eigenvalue weighted by Gasteiger charge is 2.17. The first-order valence-electron chi connectivity index (χ1n) is 5.27. The maximum Gasteiger partial charge on any atom is 0.130 e. The van der Waals surface area contributed by atoms with Crippen molar-refractivity contribution in [1.29, 1.82) is 0 Å². The third-order valence-electron chi connectivity index (χ3n) is 2.85. The van der Waals surface area contributed by atoms with E-state index in [-0.39, 0.29) is 17.0 Å². The molecule has 2 aromatic carbocycles. The van der Waals surface area contributed by atoms with Gasteiger partial charge in [0.2, 0.25) is 0 Å². The van der Waals surface area contributed by atoms with Crippen LogP contribution < -0.4 is 21.7 Å². The molecule has 3 rings (SSSR count). The molecule has 0 aromatic heterocycles. The molecule has 0 fully saturated rings. The third kappa shape index (κ3) is 1.98. The Hall–Kier alpha value is -1.28. The van der Waals surface area contributed by atoms with Crippen molar-refractivity contribution in [2.45, 2.75) is 12.8 Å². The summed E-state index contributed by atoms with van der Waals surface area (Å²) in [5.41, 5.74) is 2.81. The summed E-state index contributed by atoms with van der Waals surface area (Å²) in [5.74, 6) is 1.93. The van der Waals surface area contributed by atoms with Gasteiger partial charge < -0.3 is 21.7 Å². The number of hydrogen-bond acceptors (Lipinski definition) is 1. The SMILES string of the molecule is [Br-].c1ccc(Oc2cccc3c2CC3)cc1. The molecule has 2 heteroatoms. The van der Waals surface area contributed by atoms with Crippen LogP contribution in [0.15, 0.2) is 48.5 Å². The molecule has 2 aromatic rings. The summed E-state index contributed by atoms with van der Waals surface area (Å²) in [5, 5.41) is 0. The molecule has 0 saturated carbocycles. The summed E-state index contributed by atoms with van der Waals surface area (Å²) < 4.78 is 5.84. The molecule has 0 bridgehead atoms. The number of fused-ring (bicyclic) bond motifs is 1. The van der Waals surface area contributed by atoms with Crippen molar-refractivity contribution in [3.05, 3.63) is 59.7 Å². The molecule has 0 N–H and O–H groups in total. The number of aryl methyl sites for hydroxylation is 1. The first kappa shape index (κ1) is 11.2. The van der Waals surface area contributed by atoms with Crippen molar-refractivity contribution in [3.8, 4) is 11.5 Å². The normalized spacial score (nSPS) is 12.0. The minimum atomic E-state index is 0. The van der Waals surface area contributed by atoms with E-state index < -0.39 is 0 Å². The molecule has 0 atom stereocenters. The fourth-order valence-corrected chi connectivity index (χ4v) is 1.92. The Labute approximate surface area is 106 Å². The molecule has 0 radical (unpaired) electrons. The zero-order valence-corrected chi connectivity index (χ0v) is 10.4. The number of ether oxygens (including phenoxy) is 1. The second-order valence-electron chi connectivity index (χ2n) is 3.81. The maximum atomic E-state index is 5.84. The standard InChI is InChI=1S/C14H12O.BrH/c1-2-6-12(7-3-1)15-14-8-4-5-11-9-10-13(11)14;/h1-8H,9-10H2;1H/p-1. The van der Waals surface area contributed by atoms with Gasteiger partial charge in [-0.2, -0.15) is 0 Å². The van der Waals surface area contributed by atoms with Gasteiger partial charge in [0.05, 0.1) is 0 Å². The van der Waals surface area contributed by atoms with E-state index in [0.29, 0.717) is 0 Å². The highest BCUT2D eigenvalue weighted by molar-refractivity contribution is 5.47. The summed E-state index contributed by atoms with van der Waals surface area (Å²) in [6.45, 7) is 0. The Morgan fingerprint density at radius 2 is 1.62 bits per heavy atom. The molecule has 1 nitrogen and oxygen atoms in total. The number of benzene rings is 2. The Kier molecular flexibility index (Phi) is 3.30. The molecule has 0 spiro atoms. The lowest BCUT2D eigenvalue weighted by Crippen LogP contribution is -3.00. The summed E-state index contributed by atoms with van der Waals surface area (Å²) >= 11 is 0. The van der Waals surface area contributed by atoms with Crippen molar-refractivity contribution < 1.29 is 21.7 Å². The lowest BCUT2D eigenvalue weighted by Gasteiger charge is -2.21. The van der Waals surface area contributed by atoms with Gasteiger partial charge in [0.25, 0.3) is 0 Å². The van der Waals surface area contributed by atoms with Crippen LogP contribution >= 0.6 is 0 Å². The number of rotatable bonds is 2. The predicted molar refractivity (Wildman–Crippen MR) is 60.4 cm³/mol. The quantitative estimate of drug-likeness (QED) is 0.780. The van der Waals surface area contributed by atoms with E-state index in [1.54, 1.807) is 0 Å². The van der Waals surface area contributed by atoms with Crippen LogP contribution in [0, 0.1) is 0 Å².